The lowest BCUT2D eigenvalue weighted by molar-refractivity contribution is -0.0858. The van der Waals surface area contributed by atoms with Gasteiger partial charge in [-0.2, -0.15) is 0 Å². The molecule has 0 aliphatic carbocycles. The highest BCUT2D eigenvalue weighted by molar-refractivity contribution is 6.00. The first-order valence-electron chi connectivity index (χ1n) is 7.60. The summed E-state index contributed by atoms with van der Waals surface area (Å²) in [5.41, 5.74) is 2.93. The number of para-hydroxylation sites is 1. The lowest BCUT2D eigenvalue weighted by atomic mass is 9.98. The fourth-order valence-corrected chi connectivity index (χ4v) is 3.17. The van der Waals surface area contributed by atoms with Crippen molar-refractivity contribution in [3.8, 4) is 0 Å². The molecule has 2 aliphatic rings. The van der Waals surface area contributed by atoms with E-state index in [1.54, 1.807) is 4.90 Å². The van der Waals surface area contributed by atoms with Crippen molar-refractivity contribution in [1.82, 2.24) is 4.90 Å². The van der Waals surface area contributed by atoms with Crippen LogP contribution in [0.15, 0.2) is 18.2 Å². The highest BCUT2D eigenvalue weighted by atomic mass is 16.5. The molecule has 0 aromatic heterocycles. The Morgan fingerprint density at radius 2 is 2.33 bits per heavy atom. The zero-order valence-electron chi connectivity index (χ0n) is 12.3. The van der Waals surface area contributed by atoms with Gasteiger partial charge in [-0.05, 0) is 31.4 Å². The summed E-state index contributed by atoms with van der Waals surface area (Å²) in [6, 6.07) is 5.91. The minimum absolute atomic E-state index is 0.0230. The Bertz CT molecular complexity index is 532. The second-order valence-electron chi connectivity index (χ2n) is 5.83. The number of amides is 1. The number of aliphatic hydroxyl groups is 1. The van der Waals surface area contributed by atoms with E-state index in [0.29, 0.717) is 13.1 Å². The predicted octanol–water partition coefficient (Wildman–Crippen LogP) is 1.27. The number of nitrogens with one attached hydrogen (secondary N) is 1. The topological polar surface area (TPSA) is 61.8 Å². The van der Waals surface area contributed by atoms with Gasteiger partial charge in [0.25, 0.3) is 5.91 Å². The average molecular weight is 290 g/mol. The van der Waals surface area contributed by atoms with Gasteiger partial charge in [0, 0.05) is 19.6 Å². The van der Waals surface area contributed by atoms with Gasteiger partial charge in [0.05, 0.1) is 30.1 Å². The number of aliphatic hydroxyl groups excluding tert-OH is 1. The van der Waals surface area contributed by atoms with E-state index in [0.717, 1.165) is 30.6 Å². The Kier molecular flexibility index (Phi) is 4.12. The number of hydrogen-bond donors (Lipinski definition) is 2. The molecule has 21 heavy (non-hydrogen) atoms. The minimum atomic E-state index is -0.287. The van der Waals surface area contributed by atoms with Crippen molar-refractivity contribution in [2.24, 2.45) is 0 Å². The Labute approximate surface area is 124 Å². The second-order valence-corrected chi connectivity index (χ2v) is 5.83. The summed E-state index contributed by atoms with van der Waals surface area (Å²) in [7, 11) is 0. The fraction of sp³-hybridized carbons (Fsp3) is 0.562. The number of hydrogen-bond acceptors (Lipinski definition) is 4. The molecule has 1 aromatic carbocycles. The normalized spacial score (nSPS) is 25.1. The number of anilines is 1. The summed E-state index contributed by atoms with van der Waals surface area (Å²) in [4.78, 5) is 14.6. The number of ether oxygens (including phenoxy) is 1. The van der Waals surface area contributed by atoms with Gasteiger partial charge >= 0.3 is 0 Å². The maximum absolute atomic E-state index is 12.8. The molecule has 1 aromatic rings. The van der Waals surface area contributed by atoms with Gasteiger partial charge in [0.1, 0.15) is 0 Å². The van der Waals surface area contributed by atoms with Gasteiger partial charge in [-0.25, -0.2) is 0 Å². The predicted molar refractivity (Wildman–Crippen MR) is 80.6 cm³/mol. The smallest absolute Gasteiger partial charge is 0.256 e. The van der Waals surface area contributed by atoms with Crippen LogP contribution in [0.25, 0.3) is 0 Å². The summed E-state index contributed by atoms with van der Waals surface area (Å²) in [6.07, 6.45) is 1.78. The Hall–Kier alpha value is -1.59. The fourth-order valence-electron chi connectivity index (χ4n) is 3.17. The van der Waals surface area contributed by atoms with Gasteiger partial charge in [-0.3, -0.25) is 4.79 Å². The molecule has 3 rings (SSSR count). The van der Waals surface area contributed by atoms with E-state index in [1.165, 1.54) is 5.56 Å². The van der Waals surface area contributed by atoms with Crippen LogP contribution < -0.4 is 5.32 Å². The summed E-state index contributed by atoms with van der Waals surface area (Å²) in [5, 5.41) is 12.7. The Morgan fingerprint density at radius 3 is 3.14 bits per heavy atom. The molecule has 0 saturated carbocycles. The van der Waals surface area contributed by atoms with Crippen LogP contribution in [-0.4, -0.2) is 54.4 Å². The SMILES string of the molecule is CC1CN(C(=O)c2cccc3c2NCCC3)CC(CO)O1. The van der Waals surface area contributed by atoms with Gasteiger partial charge in [0.15, 0.2) is 0 Å². The zero-order valence-corrected chi connectivity index (χ0v) is 12.3. The van der Waals surface area contributed by atoms with Crippen molar-refractivity contribution in [1.29, 1.82) is 0 Å². The van der Waals surface area contributed by atoms with E-state index in [4.69, 9.17) is 4.74 Å². The molecule has 5 heteroatoms. The molecule has 2 aliphatic heterocycles. The van der Waals surface area contributed by atoms with Gasteiger partial charge in [-0.15, -0.1) is 0 Å². The maximum atomic E-state index is 12.8. The molecule has 2 heterocycles. The summed E-state index contributed by atoms with van der Waals surface area (Å²) in [6.45, 7) is 3.80. The third-order valence-corrected chi connectivity index (χ3v) is 4.12. The highest BCUT2D eigenvalue weighted by Gasteiger charge is 2.30. The number of fused-ring (bicyclic) bond motifs is 1. The third-order valence-electron chi connectivity index (χ3n) is 4.12. The number of carbonyl (C=O) groups excluding carboxylic acids is 1. The van der Waals surface area contributed by atoms with Crippen LogP contribution in [0.5, 0.6) is 0 Å². The third kappa shape index (κ3) is 2.89. The van der Waals surface area contributed by atoms with Crippen LogP contribution in [0, 0.1) is 0 Å². The maximum Gasteiger partial charge on any atom is 0.256 e. The first-order valence-corrected chi connectivity index (χ1v) is 7.60. The standard InChI is InChI=1S/C16H22N2O3/c1-11-8-18(9-13(10-19)21-11)16(20)14-6-2-4-12-5-3-7-17-15(12)14/h2,4,6,11,13,17,19H,3,5,7-10H2,1H3. The van der Waals surface area contributed by atoms with Gasteiger partial charge < -0.3 is 20.1 Å². The summed E-state index contributed by atoms with van der Waals surface area (Å²) < 4.78 is 5.60. The molecule has 0 radical (unpaired) electrons. The molecule has 0 spiro atoms. The van der Waals surface area contributed by atoms with Crippen LogP contribution in [0.4, 0.5) is 5.69 Å². The van der Waals surface area contributed by atoms with Crippen LogP contribution >= 0.6 is 0 Å². The molecule has 114 valence electrons. The van der Waals surface area contributed by atoms with E-state index < -0.39 is 0 Å². The molecule has 2 unspecified atom stereocenters. The first kappa shape index (κ1) is 14.4. The van der Waals surface area contributed by atoms with Gasteiger partial charge in [0.2, 0.25) is 0 Å². The van der Waals surface area contributed by atoms with Crippen molar-refractivity contribution in [3.63, 3.8) is 0 Å². The van der Waals surface area contributed by atoms with Crippen molar-refractivity contribution >= 4 is 11.6 Å². The monoisotopic (exact) mass is 290 g/mol. The van der Waals surface area contributed by atoms with Crippen LogP contribution in [0.3, 0.4) is 0 Å². The molecular weight excluding hydrogens is 268 g/mol. The van der Waals surface area contributed by atoms with Crippen LogP contribution in [0.2, 0.25) is 0 Å². The van der Waals surface area contributed by atoms with E-state index >= 15 is 0 Å². The van der Waals surface area contributed by atoms with Crippen molar-refractivity contribution in [2.45, 2.75) is 32.0 Å². The second kappa shape index (κ2) is 6.03. The molecule has 2 atom stereocenters. The van der Waals surface area contributed by atoms with Crippen molar-refractivity contribution < 1.29 is 14.6 Å². The molecular formula is C16H22N2O3. The van der Waals surface area contributed by atoms with E-state index in [1.807, 2.05) is 19.1 Å². The minimum Gasteiger partial charge on any atom is -0.394 e. The van der Waals surface area contributed by atoms with E-state index in [9.17, 15) is 9.90 Å². The highest BCUT2D eigenvalue weighted by Crippen LogP contribution is 2.27. The number of aryl methyl sites for hydroxylation is 1. The largest absolute Gasteiger partial charge is 0.394 e. The number of nitrogens with zero attached hydrogens (tertiary/aromatic N) is 1. The van der Waals surface area contributed by atoms with Gasteiger partial charge in [-0.1, -0.05) is 12.1 Å². The summed E-state index contributed by atoms with van der Waals surface area (Å²) in [5.74, 6) is 0.0230. The number of carbonyl (C=O) groups is 1. The van der Waals surface area contributed by atoms with E-state index in [2.05, 4.69) is 11.4 Å². The number of morpholine rings is 1. The summed E-state index contributed by atoms with van der Waals surface area (Å²) >= 11 is 0. The number of rotatable bonds is 2. The van der Waals surface area contributed by atoms with Crippen molar-refractivity contribution in [2.75, 3.05) is 31.6 Å². The molecule has 0 bridgehead atoms. The average Bonchev–Trinajstić information content (AvgIpc) is 2.53. The molecule has 1 saturated heterocycles. The Balaban J connectivity index is 1.85. The first-order chi connectivity index (χ1) is 10.2. The molecule has 1 fully saturated rings. The van der Waals surface area contributed by atoms with Crippen molar-refractivity contribution in [3.05, 3.63) is 29.3 Å². The number of benzene rings is 1. The zero-order chi connectivity index (χ0) is 14.8. The lowest BCUT2D eigenvalue weighted by Crippen LogP contribution is -2.50. The Morgan fingerprint density at radius 1 is 1.48 bits per heavy atom. The van der Waals surface area contributed by atoms with Crippen LogP contribution in [-0.2, 0) is 11.2 Å². The molecule has 2 N–H and O–H groups in total. The van der Waals surface area contributed by atoms with E-state index in [-0.39, 0.29) is 24.7 Å². The lowest BCUT2D eigenvalue weighted by Gasteiger charge is -2.36. The quantitative estimate of drug-likeness (QED) is 0.861. The molecule has 5 nitrogen and oxygen atoms in total. The van der Waals surface area contributed by atoms with Crippen LogP contribution in [0.1, 0.15) is 29.3 Å². The molecule has 1 amide bonds.